The number of carbonyl (C=O) groups is 1. The second-order valence-corrected chi connectivity index (χ2v) is 7.06. The van der Waals surface area contributed by atoms with E-state index >= 15 is 0 Å². The van der Waals surface area contributed by atoms with Gasteiger partial charge in [-0.1, -0.05) is 6.07 Å². The predicted molar refractivity (Wildman–Crippen MR) is 93.4 cm³/mol. The molecule has 0 bridgehead atoms. The van der Waals surface area contributed by atoms with E-state index in [1.807, 2.05) is 55.9 Å². The highest BCUT2D eigenvalue weighted by Crippen LogP contribution is 2.20. The van der Waals surface area contributed by atoms with Crippen molar-refractivity contribution in [2.24, 2.45) is 0 Å². The van der Waals surface area contributed by atoms with Crippen molar-refractivity contribution in [2.45, 2.75) is 38.8 Å². The third-order valence-corrected chi connectivity index (χ3v) is 3.83. The number of amides is 1. The van der Waals surface area contributed by atoms with Gasteiger partial charge >= 0.3 is 6.09 Å². The highest BCUT2D eigenvalue weighted by atomic mass is 16.6. The largest absolute Gasteiger partial charge is 0.444 e. The zero-order valence-electron chi connectivity index (χ0n) is 14.4. The number of nitrogens with one attached hydrogen (secondary N) is 1. The van der Waals surface area contributed by atoms with Gasteiger partial charge in [-0.15, -0.1) is 0 Å². The van der Waals surface area contributed by atoms with Crippen molar-refractivity contribution < 1.29 is 9.53 Å². The van der Waals surface area contributed by atoms with Gasteiger partial charge in [0.2, 0.25) is 0 Å². The molecule has 24 heavy (non-hydrogen) atoms. The fraction of sp³-hybridized carbons (Fsp3) is 0.444. The zero-order chi connectivity index (χ0) is 17.2. The summed E-state index contributed by atoms with van der Waals surface area (Å²) in [6.45, 7) is 7.03. The smallest absolute Gasteiger partial charge is 0.410 e. The monoisotopic (exact) mass is 328 g/mol. The first-order valence-electron chi connectivity index (χ1n) is 8.25. The van der Waals surface area contributed by atoms with Crippen molar-refractivity contribution in [1.82, 2.24) is 14.7 Å². The van der Waals surface area contributed by atoms with Crippen LogP contribution in [0.25, 0.3) is 5.69 Å². The maximum atomic E-state index is 12.1. The van der Waals surface area contributed by atoms with Gasteiger partial charge in [-0.3, -0.25) is 0 Å². The molecule has 1 aromatic heterocycles. The Morgan fingerprint density at radius 3 is 2.88 bits per heavy atom. The zero-order valence-corrected chi connectivity index (χ0v) is 14.4. The van der Waals surface area contributed by atoms with E-state index in [0.29, 0.717) is 13.1 Å². The molecule has 2 aromatic rings. The number of hydrogen-bond acceptors (Lipinski definition) is 4. The number of carbonyl (C=O) groups excluding carboxylic acids is 1. The Labute approximate surface area is 142 Å². The number of aromatic nitrogens is 2. The SMILES string of the molecule is CC(C)(C)OC(=O)N1CCC(Nc2cccc(-n3cccn3)c2)C1. The lowest BCUT2D eigenvalue weighted by Crippen LogP contribution is -2.36. The first kappa shape index (κ1) is 16.4. The summed E-state index contributed by atoms with van der Waals surface area (Å²) in [6.07, 6.45) is 4.34. The Bertz CT molecular complexity index is 691. The lowest BCUT2D eigenvalue weighted by molar-refractivity contribution is 0.0293. The van der Waals surface area contributed by atoms with E-state index in [2.05, 4.69) is 16.5 Å². The highest BCUT2D eigenvalue weighted by Gasteiger charge is 2.29. The van der Waals surface area contributed by atoms with Gasteiger partial charge in [0.1, 0.15) is 5.60 Å². The van der Waals surface area contributed by atoms with Gasteiger partial charge in [0.15, 0.2) is 0 Å². The van der Waals surface area contributed by atoms with E-state index in [9.17, 15) is 4.79 Å². The number of likely N-dealkylation sites (tertiary alicyclic amines) is 1. The van der Waals surface area contributed by atoms with E-state index in [4.69, 9.17) is 4.74 Å². The van der Waals surface area contributed by atoms with Crippen LogP contribution in [0.5, 0.6) is 0 Å². The van der Waals surface area contributed by atoms with Gasteiger partial charge in [-0.25, -0.2) is 9.48 Å². The van der Waals surface area contributed by atoms with Crippen molar-refractivity contribution in [1.29, 1.82) is 0 Å². The molecule has 128 valence electrons. The number of hydrogen-bond donors (Lipinski definition) is 1. The summed E-state index contributed by atoms with van der Waals surface area (Å²) in [4.78, 5) is 13.9. The van der Waals surface area contributed by atoms with Crippen LogP contribution in [-0.2, 0) is 4.74 Å². The Hall–Kier alpha value is -2.50. The Morgan fingerprint density at radius 1 is 1.33 bits per heavy atom. The Kier molecular flexibility index (Phi) is 4.46. The summed E-state index contributed by atoms with van der Waals surface area (Å²) in [6, 6.07) is 10.2. The van der Waals surface area contributed by atoms with Gasteiger partial charge in [-0.05, 0) is 51.5 Å². The summed E-state index contributed by atoms with van der Waals surface area (Å²) in [7, 11) is 0. The molecule has 1 atom stereocenters. The fourth-order valence-electron chi connectivity index (χ4n) is 2.77. The van der Waals surface area contributed by atoms with Gasteiger partial charge in [0.05, 0.1) is 5.69 Å². The maximum Gasteiger partial charge on any atom is 0.410 e. The molecule has 0 saturated carbocycles. The summed E-state index contributed by atoms with van der Waals surface area (Å²) in [5, 5.41) is 7.75. The predicted octanol–water partition coefficient (Wildman–Crippen LogP) is 3.29. The highest BCUT2D eigenvalue weighted by molar-refractivity contribution is 5.68. The van der Waals surface area contributed by atoms with Crippen LogP contribution in [0, 0.1) is 0 Å². The van der Waals surface area contributed by atoms with Crippen molar-refractivity contribution in [3.05, 3.63) is 42.7 Å². The van der Waals surface area contributed by atoms with E-state index < -0.39 is 5.60 Å². The van der Waals surface area contributed by atoms with Crippen LogP contribution >= 0.6 is 0 Å². The van der Waals surface area contributed by atoms with Crippen LogP contribution in [0.4, 0.5) is 10.5 Å². The van der Waals surface area contributed by atoms with Gasteiger partial charge < -0.3 is 15.0 Å². The number of rotatable bonds is 3. The topological polar surface area (TPSA) is 59.4 Å². The van der Waals surface area contributed by atoms with Crippen molar-refractivity contribution >= 4 is 11.8 Å². The molecule has 1 aromatic carbocycles. The van der Waals surface area contributed by atoms with Crippen LogP contribution in [0.3, 0.4) is 0 Å². The van der Waals surface area contributed by atoms with Gasteiger partial charge in [-0.2, -0.15) is 5.10 Å². The minimum atomic E-state index is -0.458. The van der Waals surface area contributed by atoms with E-state index in [1.54, 1.807) is 11.1 Å². The maximum absolute atomic E-state index is 12.1. The second-order valence-electron chi connectivity index (χ2n) is 7.06. The normalized spacial score (nSPS) is 17.8. The first-order valence-corrected chi connectivity index (χ1v) is 8.25. The van der Waals surface area contributed by atoms with Crippen LogP contribution in [0.15, 0.2) is 42.7 Å². The molecule has 1 fully saturated rings. The molecule has 0 aliphatic carbocycles. The number of ether oxygens (including phenoxy) is 1. The fourth-order valence-corrected chi connectivity index (χ4v) is 2.77. The van der Waals surface area contributed by atoms with E-state index in [-0.39, 0.29) is 12.1 Å². The molecular weight excluding hydrogens is 304 g/mol. The van der Waals surface area contributed by atoms with Gasteiger partial charge in [0.25, 0.3) is 0 Å². The van der Waals surface area contributed by atoms with Gasteiger partial charge in [0, 0.05) is 37.2 Å². The van der Waals surface area contributed by atoms with Crippen LogP contribution in [-0.4, -0.2) is 45.5 Å². The summed E-state index contributed by atoms with van der Waals surface area (Å²) >= 11 is 0. The minimum absolute atomic E-state index is 0.227. The third kappa shape index (κ3) is 4.07. The van der Waals surface area contributed by atoms with Crippen molar-refractivity contribution in [2.75, 3.05) is 18.4 Å². The molecular formula is C18H24N4O2. The molecule has 1 aliphatic heterocycles. The standard InChI is InChI=1S/C18H24N4O2/c1-18(2,3)24-17(23)21-11-8-15(13-21)20-14-6-4-7-16(12-14)22-10-5-9-19-22/h4-7,9-10,12,15,20H,8,11,13H2,1-3H3. The van der Waals surface area contributed by atoms with E-state index in [0.717, 1.165) is 17.8 Å². The van der Waals surface area contributed by atoms with Crippen molar-refractivity contribution in [3.63, 3.8) is 0 Å². The molecule has 2 heterocycles. The average Bonchev–Trinajstić information content (AvgIpc) is 3.17. The van der Waals surface area contributed by atoms with E-state index in [1.165, 1.54) is 0 Å². The molecule has 1 unspecified atom stereocenters. The minimum Gasteiger partial charge on any atom is -0.444 e. The summed E-state index contributed by atoms with van der Waals surface area (Å²) < 4.78 is 7.26. The average molecular weight is 328 g/mol. The number of benzene rings is 1. The molecule has 0 spiro atoms. The lowest BCUT2D eigenvalue weighted by atomic mass is 10.2. The Morgan fingerprint density at radius 2 is 2.17 bits per heavy atom. The molecule has 1 amide bonds. The second kappa shape index (κ2) is 6.55. The third-order valence-electron chi connectivity index (χ3n) is 3.83. The molecule has 6 nitrogen and oxygen atoms in total. The summed E-state index contributed by atoms with van der Waals surface area (Å²) in [5.41, 5.74) is 1.58. The molecule has 1 aliphatic rings. The Balaban J connectivity index is 1.60. The molecule has 1 saturated heterocycles. The van der Waals surface area contributed by atoms with Crippen molar-refractivity contribution in [3.8, 4) is 5.69 Å². The summed E-state index contributed by atoms with van der Waals surface area (Å²) in [5.74, 6) is 0. The first-order chi connectivity index (χ1) is 11.4. The molecule has 0 radical (unpaired) electrons. The molecule has 6 heteroatoms. The molecule has 3 rings (SSSR count). The number of anilines is 1. The number of nitrogens with zero attached hydrogens (tertiary/aromatic N) is 3. The van der Waals surface area contributed by atoms with Crippen LogP contribution in [0.1, 0.15) is 27.2 Å². The lowest BCUT2D eigenvalue weighted by Gasteiger charge is -2.24. The molecule has 1 N–H and O–H groups in total. The van der Waals surface area contributed by atoms with Crippen LogP contribution in [0.2, 0.25) is 0 Å². The van der Waals surface area contributed by atoms with Crippen LogP contribution < -0.4 is 5.32 Å². The quantitative estimate of drug-likeness (QED) is 0.939.